The minimum atomic E-state index is -3.16. The molecule has 0 spiro atoms. The van der Waals surface area contributed by atoms with Crippen LogP contribution < -0.4 is 10.0 Å². The van der Waals surface area contributed by atoms with Crippen LogP contribution in [0.4, 0.5) is 0 Å². The molecule has 2 atom stereocenters. The molecule has 2 saturated carbocycles. The lowest BCUT2D eigenvalue weighted by atomic mass is 10.1. The van der Waals surface area contributed by atoms with E-state index in [1.807, 2.05) is 29.6 Å². The third-order valence-corrected chi connectivity index (χ3v) is 7.76. The Morgan fingerprint density at radius 2 is 1.83 bits per heavy atom. The number of hydrogen-bond acceptors (Lipinski definition) is 4. The zero-order valence-electron chi connectivity index (χ0n) is 13.2. The minimum Gasteiger partial charge on any atom is -0.349 e. The Morgan fingerprint density at radius 3 is 2.62 bits per heavy atom. The average Bonchev–Trinajstić information content (AvgIpc) is 3.20. The van der Waals surface area contributed by atoms with E-state index in [4.69, 9.17) is 0 Å². The largest absolute Gasteiger partial charge is 0.349 e. The van der Waals surface area contributed by atoms with E-state index in [0.717, 1.165) is 35.8 Å². The second-order valence-corrected chi connectivity index (χ2v) is 9.59. The molecule has 0 aliphatic heterocycles. The lowest BCUT2D eigenvalue weighted by Gasteiger charge is -2.14. The van der Waals surface area contributed by atoms with Gasteiger partial charge in [0.15, 0.2) is 0 Å². The van der Waals surface area contributed by atoms with Gasteiger partial charge in [0.05, 0.1) is 10.8 Å². The Balaban J connectivity index is 1.38. The van der Waals surface area contributed by atoms with Crippen molar-refractivity contribution in [2.45, 2.75) is 49.4 Å². The Bertz CT molecular complexity index is 871. The molecule has 2 fully saturated rings. The van der Waals surface area contributed by atoms with Crippen LogP contribution in [-0.4, -0.2) is 31.7 Å². The van der Waals surface area contributed by atoms with E-state index in [-0.39, 0.29) is 23.2 Å². The van der Waals surface area contributed by atoms with Gasteiger partial charge in [-0.15, -0.1) is 11.3 Å². The highest BCUT2D eigenvalue weighted by molar-refractivity contribution is 7.90. The van der Waals surface area contributed by atoms with E-state index in [9.17, 15) is 13.2 Å². The molecule has 7 heteroatoms. The van der Waals surface area contributed by atoms with E-state index in [0.29, 0.717) is 12.0 Å². The molecule has 0 unspecified atom stereocenters. The number of fused-ring (bicyclic) bond motifs is 1. The fourth-order valence-corrected chi connectivity index (χ4v) is 5.91. The molecule has 2 aliphatic rings. The first-order valence-corrected chi connectivity index (χ1v) is 10.7. The molecular formula is C17H20N2O3S2. The van der Waals surface area contributed by atoms with Crippen LogP contribution in [0.15, 0.2) is 29.6 Å². The summed E-state index contributed by atoms with van der Waals surface area (Å²) in [5, 5.41) is 5.74. The van der Waals surface area contributed by atoms with Gasteiger partial charge < -0.3 is 5.32 Å². The highest BCUT2D eigenvalue weighted by Crippen LogP contribution is 2.30. The highest BCUT2D eigenvalue weighted by atomic mass is 32.2. The van der Waals surface area contributed by atoms with Crippen LogP contribution in [0.5, 0.6) is 0 Å². The van der Waals surface area contributed by atoms with Gasteiger partial charge in [0.1, 0.15) is 0 Å². The zero-order chi connectivity index (χ0) is 16.7. The molecule has 128 valence electrons. The van der Waals surface area contributed by atoms with Crippen molar-refractivity contribution in [2.24, 2.45) is 0 Å². The van der Waals surface area contributed by atoms with Crippen molar-refractivity contribution in [3.63, 3.8) is 0 Å². The fraction of sp³-hybridized carbons (Fsp3) is 0.471. The smallest absolute Gasteiger partial charge is 0.252 e. The van der Waals surface area contributed by atoms with Crippen LogP contribution in [0.25, 0.3) is 10.1 Å². The van der Waals surface area contributed by atoms with Gasteiger partial charge in [-0.25, -0.2) is 13.1 Å². The highest BCUT2D eigenvalue weighted by Gasteiger charge is 2.38. The summed E-state index contributed by atoms with van der Waals surface area (Å²) in [6.07, 6.45) is 3.80. The number of carbonyl (C=O) groups is 1. The molecule has 0 radical (unpaired) electrons. The maximum atomic E-state index is 12.5. The van der Waals surface area contributed by atoms with E-state index in [1.165, 1.54) is 0 Å². The fourth-order valence-electron chi connectivity index (χ4n) is 3.34. The standard InChI is InChI=1S/C17H20N2O3S2/c20-17(15-10-23-16-4-2-1-3-14(15)16)18-11-5-6-12(9-11)19-24(21,22)13-7-8-13/h1-4,10-13,19H,5-9H2,(H,18,20)/t11-,12+/m1/s1. The number of rotatable bonds is 5. The predicted octanol–water partition coefficient (Wildman–Crippen LogP) is 2.63. The van der Waals surface area contributed by atoms with Crippen molar-refractivity contribution < 1.29 is 13.2 Å². The second-order valence-electron chi connectivity index (χ2n) is 6.69. The molecule has 1 heterocycles. The number of sulfonamides is 1. The lowest BCUT2D eigenvalue weighted by molar-refractivity contribution is 0.0939. The van der Waals surface area contributed by atoms with Crippen molar-refractivity contribution in [3.05, 3.63) is 35.2 Å². The van der Waals surface area contributed by atoms with Gasteiger partial charge in [0.25, 0.3) is 5.91 Å². The number of benzene rings is 1. The molecule has 1 amide bonds. The summed E-state index contributed by atoms with van der Waals surface area (Å²) in [4.78, 5) is 12.5. The maximum Gasteiger partial charge on any atom is 0.252 e. The van der Waals surface area contributed by atoms with Gasteiger partial charge in [-0.3, -0.25) is 4.79 Å². The first kappa shape index (κ1) is 16.1. The molecule has 0 saturated heterocycles. The van der Waals surface area contributed by atoms with Crippen molar-refractivity contribution >= 4 is 37.4 Å². The summed E-state index contributed by atoms with van der Waals surface area (Å²) in [5.74, 6) is -0.0665. The molecule has 1 aromatic carbocycles. The van der Waals surface area contributed by atoms with Crippen LogP contribution in [-0.2, 0) is 10.0 Å². The number of carbonyl (C=O) groups excluding carboxylic acids is 1. The molecule has 4 rings (SSSR count). The molecule has 2 aromatic rings. The quantitative estimate of drug-likeness (QED) is 0.856. The van der Waals surface area contributed by atoms with Crippen molar-refractivity contribution in [1.82, 2.24) is 10.0 Å². The van der Waals surface area contributed by atoms with Crippen molar-refractivity contribution in [1.29, 1.82) is 0 Å². The van der Waals surface area contributed by atoms with E-state index < -0.39 is 10.0 Å². The predicted molar refractivity (Wildman–Crippen MR) is 95.8 cm³/mol. The second kappa shape index (κ2) is 6.13. The van der Waals surface area contributed by atoms with Crippen molar-refractivity contribution in [3.8, 4) is 0 Å². The maximum absolute atomic E-state index is 12.5. The molecule has 2 N–H and O–H groups in total. The first-order valence-electron chi connectivity index (χ1n) is 8.31. The van der Waals surface area contributed by atoms with Gasteiger partial charge in [-0.1, -0.05) is 18.2 Å². The Kier molecular flexibility index (Phi) is 4.10. The Morgan fingerprint density at radius 1 is 1.08 bits per heavy atom. The van der Waals surface area contributed by atoms with Crippen LogP contribution >= 0.6 is 11.3 Å². The van der Waals surface area contributed by atoms with Gasteiger partial charge in [-0.2, -0.15) is 0 Å². The third kappa shape index (κ3) is 3.20. The summed E-state index contributed by atoms with van der Waals surface area (Å²) in [7, 11) is -3.16. The van der Waals surface area contributed by atoms with Gasteiger partial charge in [0, 0.05) is 27.5 Å². The minimum absolute atomic E-state index is 0.0306. The summed E-state index contributed by atoms with van der Waals surface area (Å²) in [6.45, 7) is 0. The Labute approximate surface area is 145 Å². The zero-order valence-corrected chi connectivity index (χ0v) is 14.8. The molecule has 5 nitrogen and oxygen atoms in total. The monoisotopic (exact) mass is 364 g/mol. The van der Waals surface area contributed by atoms with Gasteiger partial charge in [-0.05, 0) is 38.2 Å². The number of hydrogen-bond donors (Lipinski definition) is 2. The summed E-state index contributed by atoms with van der Waals surface area (Å²) in [6, 6.07) is 7.85. The summed E-state index contributed by atoms with van der Waals surface area (Å²) >= 11 is 1.57. The van der Waals surface area contributed by atoms with Crippen LogP contribution in [0, 0.1) is 0 Å². The number of nitrogens with one attached hydrogen (secondary N) is 2. The average molecular weight is 364 g/mol. The van der Waals surface area contributed by atoms with Crippen LogP contribution in [0.1, 0.15) is 42.5 Å². The Hall–Kier alpha value is -1.44. The van der Waals surface area contributed by atoms with Crippen LogP contribution in [0.2, 0.25) is 0 Å². The first-order chi connectivity index (χ1) is 11.5. The molecule has 2 aliphatic carbocycles. The molecular weight excluding hydrogens is 344 g/mol. The van der Waals surface area contributed by atoms with Crippen molar-refractivity contribution in [2.75, 3.05) is 0 Å². The van der Waals surface area contributed by atoms with E-state index in [1.54, 1.807) is 11.3 Å². The van der Waals surface area contributed by atoms with E-state index >= 15 is 0 Å². The third-order valence-electron chi connectivity index (χ3n) is 4.79. The van der Waals surface area contributed by atoms with Gasteiger partial charge >= 0.3 is 0 Å². The number of amides is 1. The topological polar surface area (TPSA) is 75.3 Å². The van der Waals surface area contributed by atoms with Crippen LogP contribution in [0.3, 0.4) is 0 Å². The molecule has 24 heavy (non-hydrogen) atoms. The SMILES string of the molecule is O=C(N[C@@H]1CC[C@H](NS(=O)(=O)C2CC2)C1)c1csc2ccccc12. The molecule has 0 bridgehead atoms. The molecule has 1 aromatic heterocycles. The summed E-state index contributed by atoms with van der Waals surface area (Å²) in [5.41, 5.74) is 0.706. The van der Waals surface area contributed by atoms with E-state index in [2.05, 4.69) is 10.0 Å². The summed E-state index contributed by atoms with van der Waals surface area (Å²) < 4.78 is 27.9. The lowest BCUT2D eigenvalue weighted by Crippen LogP contribution is -2.38. The number of thiophene rings is 1. The normalized spacial score (nSPS) is 24.3. The van der Waals surface area contributed by atoms with Gasteiger partial charge in [0.2, 0.25) is 10.0 Å².